The van der Waals surface area contributed by atoms with Crippen molar-refractivity contribution in [3.8, 4) is 0 Å². The second kappa shape index (κ2) is 35.9. The van der Waals surface area contributed by atoms with Crippen LogP contribution in [0.25, 0.3) is 0 Å². The lowest BCUT2D eigenvalue weighted by Gasteiger charge is -2.24. The van der Waals surface area contributed by atoms with Gasteiger partial charge in [0.2, 0.25) is 0 Å². The molecule has 0 unspecified atom stereocenters. The molecule has 0 N–H and O–H groups in total. The minimum Gasteiger partial charge on any atom is -0.377 e. The molecule has 0 atom stereocenters. The van der Waals surface area contributed by atoms with Gasteiger partial charge in [-0.25, -0.2) is 0 Å². The molecule has 42 heavy (non-hydrogen) atoms. The normalized spacial score (nSPS) is 12.0. The van der Waals surface area contributed by atoms with E-state index in [1.165, 1.54) is 199 Å². The lowest BCUT2D eigenvalue weighted by molar-refractivity contribution is 0.122. The fourth-order valence-electron chi connectivity index (χ4n) is 6.31. The Kier molecular flexibility index (Phi) is 36.3. The average molecular weight is 631 g/mol. The van der Waals surface area contributed by atoms with Gasteiger partial charge in [0, 0.05) is 27.4 Å². The van der Waals surface area contributed by atoms with E-state index in [2.05, 4.69) is 12.6 Å². The Morgan fingerprint density at radius 3 is 0.619 bits per heavy atom. The second-order valence-electron chi connectivity index (χ2n) is 13.1. The summed E-state index contributed by atoms with van der Waals surface area (Å²) in [5, 5.41) is 0. The van der Waals surface area contributed by atoms with Gasteiger partial charge in [-0.1, -0.05) is 193 Å². The molecular formula is C37H78O3SSi. The molecule has 0 saturated carbocycles. The third-order valence-electron chi connectivity index (χ3n) is 9.32. The fraction of sp³-hybridized carbons (Fsp3) is 1.00. The highest BCUT2D eigenvalue weighted by molar-refractivity contribution is 7.80. The highest BCUT2D eigenvalue weighted by Gasteiger charge is 2.36. The SMILES string of the molecule is CO[Si](CCCCCCCCCCCCCCCCCCCCCCCCCCCCCCCCCCS)(OC)OC. The number of unbranched alkanes of at least 4 members (excludes halogenated alkanes) is 31. The van der Waals surface area contributed by atoms with Crippen molar-refractivity contribution in [1.82, 2.24) is 0 Å². The van der Waals surface area contributed by atoms with Crippen LogP contribution in [-0.2, 0) is 13.3 Å². The average Bonchev–Trinajstić information content (AvgIpc) is 3.01. The summed E-state index contributed by atoms with van der Waals surface area (Å²) >= 11 is 4.29. The standard InChI is InChI=1S/C37H78O3SSi/c1-38-42(39-2,40-3)37-35-33-31-29-27-25-23-21-19-17-15-13-11-9-7-5-4-6-8-10-12-14-16-18-20-22-24-26-28-30-32-34-36-41/h41H,4-37H2,1-3H3. The van der Waals surface area contributed by atoms with Crippen molar-refractivity contribution in [3.63, 3.8) is 0 Å². The molecule has 0 rings (SSSR count). The number of hydrogen-bond acceptors (Lipinski definition) is 4. The van der Waals surface area contributed by atoms with E-state index in [9.17, 15) is 0 Å². The molecule has 0 aromatic heterocycles. The molecule has 0 spiro atoms. The van der Waals surface area contributed by atoms with Gasteiger partial charge < -0.3 is 13.3 Å². The van der Waals surface area contributed by atoms with Crippen LogP contribution in [-0.4, -0.2) is 35.9 Å². The van der Waals surface area contributed by atoms with E-state index in [-0.39, 0.29) is 0 Å². The maximum Gasteiger partial charge on any atom is 0.500 e. The molecular weight excluding hydrogens is 553 g/mol. The smallest absolute Gasteiger partial charge is 0.377 e. The van der Waals surface area contributed by atoms with Crippen LogP contribution in [0.1, 0.15) is 205 Å². The molecule has 0 aromatic carbocycles. The van der Waals surface area contributed by atoms with Crippen LogP contribution in [0.5, 0.6) is 0 Å². The Bertz CT molecular complexity index is 481. The minimum absolute atomic E-state index is 0.940. The summed E-state index contributed by atoms with van der Waals surface area (Å²) in [6.07, 6.45) is 45.8. The first-order chi connectivity index (χ1) is 20.7. The van der Waals surface area contributed by atoms with Crippen LogP contribution in [0.2, 0.25) is 6.04 Å². The third-order valence-corrected chi connectivity index (χ3v) is 12.5. The van der Waals surface area contributed by atoms with Gasteiger partial charge in [0.15, 0.2) is 0 Å². The lowest BCUT2D eigenvalue weighted by atomic mass is 10.0. The van der Waals surface area contributed by atoms with E-state index in [4.69, 9.17) is 13.3 Å². The summed E-state index contributed by atoms with van der Waals surface area (Å²) in [5.74, 6) is 1.06. The fourth-order valence-corrected chi connectivity index (χ4v) is 8.33. The van der Waals surface area contributed by atoms with Crippen LogP contribution >= 0.6 is 12.6 Å². The highest BCUT2D eigenvalue weighted by Crippen LogP contribution is 2.19. The Morgan fingerprint density at radius 2 is 0.452 bits per heavy atom. The zero-order chi connectivity index (χ0) is 30.7. The summed E-state index contributed by atoms with van der Waals surface area (Å²) in [5.41, 5.74) is 0. The molecule has 0 aliphatic rings. The van der Waals surface area contributed by atoms with Gasteiger partial charge in [0.05, 0.1) is 0 Å². The summed E-state index contributed by atoms with van der Waals surface area (Å²) < 4.78 is 16.5. The third kappa shape index (κ3) is 30.5. The number of rotatable bonds is 37. The summed E-state index contributed by atoms with van der Waals surface area (Å²) in [6.45, 7) is 0. The maximum atomic E-state index is 5.50. The Labute approximate surface area is 272 Å². The summed E-state index contributed by atoms with van der Waals surface area (Å²) in [7, 11) is 2.79. The quantitative estimate of drug-likeness (QED) is 0.0420. The largest absolute Gasteiger partial charge is 0.500 e. The molecule has 5 heteroatoms. The molecule has 0 aromatic rings. The first kappa shape index (κ1) is 42.4. The highest BCUT2D eigenvalue weighted by atomic mass is 32.1. The summed E-state index contributed by atoms with van der Waals surface area (Å²) in [6, 6.07) is 0.940. The lowest BCUT2D eigenvalue weighted by Crippen LogP contribution is -2.42. The Morgan fingerprint density at radius 1 is 0.286 bits per heavy atom. The molecule has 0 radical (unpaired) electrons. The van der Waals surface area contributed by atoms with Crippen LogP contribution in [0.4, 0.5) is 0 Å². The van der Waals surface area contributed by atoms with E-state index < -0.39 is 8.80 Å². The number of hydrogen-bond donors (Lipinski definition) is 1. The van der Waals surface area contributed by atoms with E-state index >= 15 is 0 Å². The molecule has 0 heterocycles. The van der Waals surface area contributed by atoms with Gasteiger partial charge >= 0.3 is 8.80 Å². The molecule has 0 saturated heterocycles. The van der Waals surface area contributed by atoms with Gasteiger partial charge in [-0.3, -0.25) is 0 Å². The molecule has 0 amide bonds. The van der Waals surface area contributed by atoms with Crippen LogP contribution in [0.3, 0.4) is 0 Å². The van der Waals surface area contributed by atoms with Crippen molar-refractivity contribution in [2.45, 2.75) is 212 Å². The van der Waals surface area contributed by atoms with E-state index in [0.717, 1.165) is 18.2 Å². The van der Waals surface area contributed by atoms with Crippen molar-refractivity contribution < 1.29 is 13.3 Å². The topological polar surface area (TPSA) is 27.7 Å². The first-order valence-electron chi connectivity index (χ1n) is 19.0. The summed E-state index contributed by atoms with van der Waals surface area (Å²) in [4.78, 5) is 0. The van der Waals surface area contributed by atoms with Crippen LogP contribution in [0.15, 0.2) is 0 Å². The van der Waals surface area contributed by atoms with Gasteiger partial charge in [0.25, 0.3) is 0 Å². The van der Waals surface area contributed by atoms with Gasteiger partial charge in [-0.05, 0) is 18.6 Å². The van der Waals surface area contributed by atoms with Gasteiger partial charge in [0.1, 0.15) is 0 Å². The Hall–Kier alpha value is 0.447. The predicted octanol–water partition coefficient (Wildman–Crippen LogP) is 13.3. The van der Waals surface area contributed by atoms with Crippen LogP contribution < -0.4 is 0 Å². The molecule has 3 nitrogen and oxygen atoms in total. The molecule has 0 aliphatic heterocycles. The van der Waals surface area contributed by atoms with Gasteiger partial charge in [-0.2, -0.15) is 12.6 Å². The van der Waals surface area contributed by atoms with Gasteiger partial charge in [-0.15, -0.1) is 0 Å². The van der Waals surface area contributed by atoms with E-state index in [0.29, 0.717) is 0 Å². The predicted molar refractivity (Wildman–Crippen MR) is 193 cm³/mol. The van der Waals surface area contributed by atoms with Crippen molar-refractivity contribution >= 4 is 21.4 Å². The maximum absolute atomic E-state index is 5.50. The monoisotopic (exact) mass is 631 g/mol. The van der Waals surface area contributed by atoms with E-state index in [1.807, 2.05) is 0 Å². The first-order valence-corrected chi connectivity index (χ1v) is 21.6. The van der Waals surface area contributed by atoms with Crippen molar-refractivity contribution in [1.29, 1.82) is 0 Å². The second-order valence-corrected chi connectivity index (χ2v) is 16.6. The zero-order valence-electron chi connectivity index (χ0n) is 29.2. The molecule has 0 fully saturated rings. The molecule has 254 valence electrons. The van der Waals surface area contributed by atoms with Crippen molar-refractivity contribution in [2.24, 2.45) is 0 Å². The van der Waals surface area contributed by atoms with Crippen molar-refractivity contribution in [2.75, 3.05) is 27.1 Å². The molecule has 0 bridgehead atoms. The Balaban J connectivity index is 3.12. The number of thiol groups is 1. The minimum atomic E-state index is -2.34. The van der Waals surface area contributed by atoms with Crippen molar-refractivity contribution in [3.05, 3.63) is 0 Å². The molecule has 0 aliphatic carbocycles. The van der Waals surface area contributed by atoms with Crippen LogP contribution in [0, 0.1) is 0 Å². The zero-order valence-corrected chi connectivity index (χ0v) is 31.1. The van der Waals surface area contributed by atoms with E-state index in [1.54, 1.807) is 21.3 Å².